The SMILES string of the molecule is CCOC(=O)CCCCCNc1ccc(Br)cc1Cl. The minimum absolute atomic E-state index is 0.105. The second-order valence-corrected chi connectivity index (χ2v) is 5.49. The van der Waals surface area contributed by atoms with Gasteiger partial charge in [0.1, 0.15) is 0 Å². The molecule has 0 spiro atoms. The summed E-state index contributed by atoms with van der Waals surface area (Å²) in [7, 11) is 0. The molecule has 0 bridgehead atoms. The fourth-order valence-electron chi connectivity index (χ4n) is 1.66. The van der Waals surface area contributed by atoms with E-state index in [1.54, 1.807) is 0 Å². The van der Waals surface area contributed by atoms with E-state index in [1.807, 2.05) is 25.1 Å². The monoisotopic (exact) mass is 347 g/mol. The van der Waals surface area contributed by atoms with Gasteiger partial charge < -0.3 is 10.1 Å². The Kier molecular flexibility index (Phi) is 7.91. The van der Waals surface area contributed by atoms with E-state index < -0.39 is 0 Å². The number of hydrogen-bond acceptors (Lipinski definition) is 3. The number of anilines is 1. The van der Waals surface area contributed by atoms with Crippen LogP contribution < -0.4 is 5.32 Å². The van der Waals surface area contributed by atoms with Crippen LogP contribution in [0.1, 0.15) is 32.6 Å². The molecule has 106 valence electrons. The first kappa shape index (κ1) is 16.3. The van der Waals surface area contributed by atoms with Gasteiger partial charge in [-0.15, -0.1) is 0 Å². The molecule has 0 aliphatic heterocycles. The summed E-state index contributed by atoms with van der Waals surface area (Å²) in [6.07, 6.45) is 3.38. The minimum atomic E-state index is -0.105. The van der Waals surface area contributed by atoms with Gasteiger partial charge in [0.15, 0.2) is 0 Å². The Morgan fingerprint density at radius 3 is 2.84 bits per heavy atom. The number of nitrogens with one attached hydrogen (secondary N) is 1. The van der Waals surface area contributed by atoms with Gasteiger partial charge in [-0.25, -0.2) is 0 Å². The lowest BCUT2D eigenvalue weighted by Crippen LogP contribution is -2.05. The molecule has 0 aliphatic rings. The average Bonchev–Trinajstić information content (AvgIpc) is 2.36. The van der Waals surface area contributed by atoms with E-state index in [0.717, 1.165) is 36.0 Å². The molecule has 0 saturated heterocycles. The van der Waals surface area contributed by atoms with Crippen LogP contribution in [0.5, 0.6) is 0 Å². The largest absolute Gasteiger partial charge is 0.466 e. The van der Waals surface area contributed by atoms with Crippen molar-refractivity contribution in [2.75, 3.05) is 18.5 Å². The van der Waals surface area contributed by atoms with Gasteiger partial charge in [0, 0.05) is 17.4 Å². The molecule has 0 aromatic heterocycles. The molecule has 0 amide bonds. The highest BCUT2D eigenvalue weighted by Gasteiger charge is 2.02. The molecule has 0 saturated carbocycles. The second-order valence-electron chi connectivity index (χ2n) is 4.17. The van der Waals surface area contributed by atoms with Gasteiger partial charge in [-0.2, -0.15) is 0 Å². The van der Waals surface area contributed by atoms with E-state index in [1.165, 1.54) is 0 Å². The normalized spacial score (nSPS) is 10.3. The van der Waals surface area contributed by atoms with Crippen molar-refractivity contribution in [3.8, 4) is 0 Å². The number of ether oxygens (including phenoxy) is 1. The lowest BCUT2D eigenvalue weighted by atomic mass is 10.2. The first-order chi connectivity index (χ1) is 9.13. The zero-order valence-corrected chi connectivity index (χ0v) is 13.4. The maximum Gasteiger partial charge on any atom is 0.305 e. The summed E-state index contributed by atoms with van der Waals surface area (Å²) in [6.45, 7) is 3.14. The zero-order chi connectivity index (χ0) is 14.1. The smallest absolute Gasteiger partial charge is 0.305 e. The van der Waals surface area contributed by atoms with Gasteiger partial charge in [-0.1, -0.05) is 34.0 Å². The van der Waals surface area contributed by atoms with Crippen molar-refractivity contribution in [3.05, 3.63) is 27.7 Å². The Morgan fingerprint density at radius 1 is 1.37 bits per heavy atom. The van der Waals surface area contributed by atoms with Crippen LogP contribution in [0.3, 0.4) is 0 Å². The third kappa shape index (κ3) is 6.83. The molecule has 0 fully saturated rings. The lowest BCUT2D eigenvalue weighted by Gasteiger charge is -2.08. The summed E-state index contributed by atoms with van der Waals surface area (Å²) in [6, 6.07) is 5.77. The number of esters is 1. The van der Waals surface area contributed by atoms with Crippen molar-refractivity contribution in [2.45, 2.75) is 32.6 Å². The highest BCUT2D eigenvalue weighted by atomic mass is 79.9. The Hall–Kier alpha value is -0.740. The molecule has 0 heterocycles. The van der Waals surface area contributed by atoms with Crippen molar-refractivity contribution in [1.82, 2.24) is 0 Å². The number of halogens is 2. The minimum Gasteiger partial charge on any atom is -0.466 e. The fourth-order valence-corrected chi connectivity index (χ4v) is 2.40. The van der Waals surface area contributed by atoms with Gasteiger partial charge in [-0.3, -0.25) is 4.79 Å². The van der Waals surface area contributed by atoms with Gasteiger partial charge in [0.2, 0.25) is 0 Å². The maximum absolute atomic E-state index is 11.1. The Bertz CT molecular complexity index is 412. The van der Waals surface area contributed by atoms with Crippen LogP contribution in [0, 0.1) is 0 Å². The third-order valence-corrected chi connectivity index (χ3v) is 3.42. The average molecular weight is 349 g/mol. The molecule has 0 unspecified atom stereocenters. The van der Waals surface area contributed by atoms with Gasteiger partial charge >= 0.3 is 5.97 Å². The lowest BCUT2D eigenvalue weighted by molar-refractivity contribution is -0.143. The maximum atomic E-state index is 11.1. The van der Waals surface area contributed by atoms with E-state index in [4.69, 9.17) is 16.3 Å². The van der Waals surface area contributed by atoms with Crippen LogP contribution in [0.15, 0.2) is 22.7 Å². The third-order valence-electron chi connectivity index (χ3n) is 2.61. The molecule has 0 atom stereocenters. The number of carbonyl (C=O) groups is 1. The molecule has 5 heteroatoms. The Labute approximate surface area is 127 Å². The molecule has 3 nitrogen and oxygen atoms in total. The van der Waals surface area contributed by atoms with E-state index >= 15 is 0 Å². The molecular formula is C14H19BrClNO2. The number of benzene rings is 1. The molecule has 1 aromatic rings. The van der Waals surface area contributed by atoms with Crippen LogP contribution in [-0.2, 0) is 9.53 Å². The summed E-state index contributed by atoms with van der Waals surface area (Å²) < 4.78 is 5.84. The molecule has 19 heavy (non-hydrogen) atoms. The Morgan fingerprint density at radius 2 is 2.16 bits per heavy atom. The first-order valence-corrected chi connectivity index (χ1v) is 7.65. The molecule has 1 aromatic carbocycles. The highest BCUT2D eigenvalue weighted by molar-refractivity contribution is 9.10. The molecule has 1 rings (SSSR count). The van der Waals surface area contributed by atoms with E-state index in [9.17, 15) is 4.79 Å². The predicted octanol–water partition coefficient (Wildman–Crippen LogP) is 4.64. The second kappa shape index (κ2) is 9.21. The molecule has 0 aliphatic carbocycles. The number of carbonyl (C=O) groups excluding carboxylic acids is 1. The molecule has 0 radical (unpaired) electrons. The molecular weight excluding hydrogens is 330 g/mol. The van der Waals surface area contributed by atoms with Crippen molar-refractivity contribution >= 4 is 39.2 Å². The van der Waals surface area contributed by atoms with E-state index in [-0.39, 0.29) is 5.97 Å². The molecule has 1 N–H and O–H groups in total. The zero-order valence-electron chi connectivity index (χ0n) is 11.0. The topological polar surface area (TPSA) is 38.3 Å². The summed E-state index contributed by atoms with van der Waals surface area (Å²) in [5.74, 6) is -0.105. The number of hydrogen-bond donors (Lipinski definition) is 1. The van der Waals surface area contributed by atoms with Gasteiger partial charge in [0.25, 0.3) is 0 Å². The quantitative estimate of drug-likeness (QED) is 0.549. The van der Waals surface area contributed by atoms with Crippen molar-refractivity contribution < 1.29 is 9.53 Å². The predicted molar refractivity (Wildman–Crippen MR) is 82.7 cm³/mol. The van der Waals surface area contributed by atoms with E-state index in [0.29, 0.717) is 18.1 Å². The van der Waals surface area contributed by atoms with Gasteiger partial charge in [-0.05, 0) is 38.0 Å². The number of unbranched alkanes of at least 4 members (excludes halogenated alkanes) is 2. The van der Waals surface area contributed by atoms with Crippen molar-refractivity contribution in [1.29, 1.82) is 0 Å². The van der Waals surface area contributed by atoms with Crippen molar-refractivity contribution in [3.63, 3.8) is 0 Å². The van der Waals surface area contributed by atoms with Crippen LogP contribution in [0.4, 0.5) is 5.69 Å². The standard InChI is InChI=1S/C14H19BrClNO2/c1-2-19-14(18)6-4-3-5-9-17-13-8-7-11(15)10-12(13)16/h7-8,10,17H,2-6,9H2,1H3. The first-order valence-electron chi connectivity index (χ1n) is 6.48. The van der Waals surface area contributed by atoms with Crippen molar-refractivity contribution in [2.24, 2.45) is 0 Å². The van der Waals surface area contributed by atoms with E-state index in [2.05, 4.69) is 21.2 Å². The number of rotatable bonds is 8. The van der Waals surface area contributed by atoms with Crippen LogP contribution >= 0.6 is 27.5 Å². The summed E-state index contributed by atoms with van der Waals surface area (Å²) in [5, 5.41) is 3.99. The summed E-state index contributed by atoms with van der Waals surface area (Å²) in [4.78, 5) is 11.1. The summed E-state index contributed by atoms with van der Waals surface area (Å²) >= 11 is 9.46. The van der Waals surface area contributed by atoms with Crippen LogP contribution in [-0.4, -0.2) is 19.1 Å². The van der Waals surface area contributed by atoms with Crippen LogP contribution in [0.25, 0.3) is 0 Å². The fraction of sp³-hybridized carbons (Fsp3) is 0.500. The Balaban J connectivity index is 2.12. The summed E-state index contributed by atoms with van der Waals surface area (Å²) in [5.41, 5.74) is 0.940. The van der Waals surface area contributed by atoms with Crippen LogP contribution in [0.2, 0.25) is 5.02 Å². The highest BCUT2D eigenvalue weighted by Crippen LogP contribution is 2.25. The van der Waals surface area contributed by atoms with Gasteiger partial charge in [0.05, 0.1) is 17.3 Å².